The molecule has 0 aromatic carbocycles. The summed E-state index contributed by atoms with van der Waals surface area (Å²) in [5.41, 5.74) is 18.7. The monoisotopic (exact) mass is 686 g/mol. The highest BCUT2D eigenvalue weighted by molar-refractivity contribution is 6.30. The van der Waals surface area contributed by atoms with Crippen molar-refractivity contribution in [3.63, 3.8) is 0 Å². The summed E-state index contributed by atoms with van der Waals surface area (Å²) in [7, 11) is 0. The number of nitrogens with zero attached hydrogens (tertiary/aromatic N) is 10. The Kier molecular flexibility index (Phi) is 8.85. The fourth-order valence-corrected chi connectivity index (χ4v) is 7.01. The summed E-state index contributed by atoms with van der Waals surface area (Å²) in [4.78, 5) is 23.6. The number of aromatic nitrogens is 4. The highest BCUT2D eigenvalue weighted by atomic mass is 35.5. The van der Waals surface area contributed by atoms with Gasteiger partial charge in [0.2, 0.25) is 11.8 Å². The van der Waals surface area contributed by atoms with Gasteiger partial charge in [-0.1, -0.05) is 46.3 Å². The van der Waals surface area contributed by atoms with E-state index in [-0.39, 0.29) is 12.2 Å². The van der Waals surface area contributed by atoms with Crippen molar-refractivity contribution in [2.75, 3.05) is 0 Å². The highest BCUT2D eigenvalue weighted by Gasteiger charge is 2.42. The van der Waals surface area contributed by atoms with Crippen molar-refractivity contribution in [2.45, 2.75) is 101 Å². The van der Waals surface area contributed by atoms with E-state index >= 15 is 0 Å². The highest BCUT2D eigenvalue weighted by Crippen LogP contribution is 2.49. The molecule has 0 bridgehead atoms. The van der Waals surface area contributed by atoms with Crippen LogP contribution in [0.15, 0.2) is 47.1 Å². The standard InChI is InChI=1S/2C17H18ClN5O/c2*1-17(22-23-19,10-3-2-4-10)14-9-21-16(24-11-5-6-11)13-8-20-15(18)7-12(13)14/h2*7-11H,2-6H2,1H3/t2*17-/m10/s1. The van der Waals surface area contributed by atoms with Crippen molar-refractivity contribution in [1.29, 1.82) is 0 Å². The number of azide groups is 2. The van der Waals surface area contributed by atoms with Crippen LogP contribution in [-0.4, -0.2) is 32.1 Å². The minimum absolute atomic E-state index is 0.248. The van der Waals surface area contributed by atoms with Crippen LogP contribution in [0, 0.1) is 11.8 Å². The van der Waals surface area contributed by atoms with E-state index in [1.54, 1.807) is 24.8 Å². The van der Waals surface area contributed by atoms with Gasteiger partial charge in [-0.2, -0.15) is 0 Å². The third kappa shape index (κ3) is 6.26. The molecule has 4 saturated carbocycles. The SMILES string of the molecule is C[C@@](N=[N+]=[N-])(c1cnc(OC2CC2)c2cnc(Cl)cc12)C1CCC1.C[C@](N=[N+]=[N-])(c1cnc(OC2CC2)c2cnc(Cl)cc12)C1CCC1. The maximum absolute atomic E-state index is 9.12. The van der Waals surface area contributed by atoms with Crippen molar-refractivity contribution in [2.24, 2.45) is 22.1 Å². The Balaban J connectivity index is 0.000000152. The molecule has 2 atom stereocenters. The minimum Gasteiger partial charge on any atom is -0.474 e. The molecule has 4 aliphatic rings. The molecule has 4 aliphatic carbocycles. The second-order valence-corrected chi connectivity index (χ2v) is 14.4. The molecule has 0 radical (unpaired) electrons. The molecule has 48 heavy (non-hydrogen) atoms. The van der Waals surface area contributed by atoms with Crippen LogP contribution in [0.2, 0.25) is 10.3 Å². The second-order valence-electron chi connectivity index (χ2n) is 13.6. The van der Waals surface area contributed by atoms with Crippen LogP contribution in [-0.2, 0) is 11.1 Å². The van der Waals surface area contributed by atoms with Crippen LogP contribution in [0.5, 0.6) is 11.8 Å². The molecule has 4 fully saturated rings. The largest absolute Gasteiger partial charge is 0.474 e. The van der Waals surface area contributed by atoms with E-state index < -0.39 is 11.1 Å². The first-order chi connectivity index (χ1) is 23.2. The van der Waals surface area contributed by atoms with Crippen LogP contribution in [0.1, 0.15) is 89.2 Å². The van der Waals surface area contributed by atoms with Crippen molar-refractivity contribution >= 4 is 44.7 Å². The average molecular weight is 688 g/mol. The number of halogens is 2. The first kappa shape index (κ1) is 32.5. The Morgan fingerprint density at radius 3 is 1.33 bits per heavy atom. The van der Waals surface area contributed by atoms with Crippen LogP contribution in [0.3, 0.4) is 0 Å². The van der Waals surface area contributed by atoms with E-state index in [0.717, 1.165) is 96.9 Å². The molecule has 0 saturated heterocycles. The zero-order valence-electron chi connectivity index (χ0n) is 26.9. The van der Waals surface area contributed by atoms with E-state index in [9.17, 15) is 0 Å². The zero-order valence-corrected chi connectivity index (χ0v) is 28.4. The molecule has 0 unspecified atom stereocenters. The molecule has 8 rings (SSSR count). The number of rotatable bonds is 10. The van der Waals surface area contributed by atoms with E-state index in [1.807, 2.05) is 26.0 Å². The molecule has 4 heterocycles. The van der Waals surface area contributed by atoms with Crippen LogP contribution in [0.4, 0.5) is 0 Å². The van der Waals surface area contributed by atoms with Gasteiger partial charge in [-0.25, -0.2) is 19.9 Å². The lowest BCUT2D eigenvalue weighted by atomic mass is 9.68. The summed E-state index contributed by atoms with van der Waals surface area (Å²) in [5.74, 6) is 1.80. The summed E-state index contributed by atoms with van der Waals surface area (Å²) in [5, 5.41) is 12.6. The zero-order chi connectivity index (χ0) is 33.5. The Morgan fingerprint density at radius 2 is 1.02 bits per heavy atom. The third-order valence-corrected chi connectivity index (χ3v) is 10.8. The first-order valence-corrected chi connectivity index (χ1v) is 17.3. The Morgan fingerprint density at radius 1 is 0.625 bits per heavy atom. The molecule has 0 spiro atoms. The molecule has 12 nitrogen and oxygen atoms in total. The quantitative estimate of drug-likeness (QED) is 0.0695. The van der Waals surface area contributed by atoms with E-state index in [2.05, 4.69) is 40.0 Å². The normalized spacial score (nSPS) is 20.1. The van der Waals surface area contributed by atoms with E-state index in [4.69, 9.17) is 43.7 Å². The smallest absolute Gasteiger partial charge is 0.223 e. The van der Waals surface area contributed by atoms with Crippen LogP contribution >= 0.6 is 23.2 Å². The van der Waals surface area contributed by atoms with Gasteiger partial charge < -0.3 is 9.47 Å². The van der Waals surface area contributed by atoms with Crippen molar-refractivity contribution in [3.8, 4) is 11.8 Å². The molecule has 14 heteroatoms. The number of ether oxygens (including phenoxy) is 2. The second kappa shape index (κ2) is 13.1. The van der Waals surface area contributed by atoms with Gasteiger partial charge in [-0.15, -0.1) is 0 Å². The number of pyridine rings is 4. The minimum atomic E-state index is -0.638. The van der Waals surface area contributed by atoms with Gasteiger partial charge in [0, 0.05) is 34.6 Å². The Bertz CT molecular complexity index is 1830. The van der Waals surface area contributed by atoms with Gasteiger partial charge in [0.05, 0.1) is 21.9 Å². The maximum Gasteiger partial charge on any atom is 0.223 e. The summed E-state index contributed by atoms with van der Waals surface area (Å²) in [6.45, 7) is 3.98. The van der Waals surface area contributed by atoms with Gasteiger partial charge >= 0.3 is 0 Å². The lowest BCUT2D eigenvalue weighted by Gasteiger charge is -2.40. The molecular weight excluding hydrogens is 651 g/mol. The fourth-order valence-electron chi connectivity index (χ4n) is 6.69. The van der Waals surface area contributed by atoms with Gasteiger partial charge in [0.25, 0.3) is 0 Å². The average Bonchev–Trinajstić information content (AvgIpc) is 3.93. The first-order valence-electron chi connectivity index (χ1n) is 16.6. The van der Waals surface area contributed by atoms with Crippen LogP contribution in [0.25, 0.3) is 42.4 Å². The third-order valence-electron chi connectivity index (χ3n) is 10.4. The predicted molar refractivity (Wildman–Crippen MR) is 184 cm³/mol. The molecule has 4 aromatic heterocycles. The number of hydrogen-bond donors (Lipinski definition) is 0. The fraction of sp³-hybridized carbons (Fsp3) is 0.529. The summed E-state index contributed by atoms with van der Waals surface area (Å²) in [6, 6.07) is 3.63. The van der Waals surface area contributed by atoms with Crippen molar-refractivity contribution in [1.82, 2.24) is 19.9 Å². The Labute approximate surface area is 287 Å². The lowest BCUT2D eigenvalue weighted by Crippen LogP contribution is -2.34. The topological polar surface area (TPSA) is 168 Å². The summed E-state index contributed by atoms with van der Waals surface area (Å²) < 4.78 is 11.8. The maximum atomic E-state index is 9.12. The molecular formula is C34H36Cl2N10O2. The summed E-state index contributed by atoms with van der Waals surface area (Å²) >= 11 is 12.3. The van der Waals surface area contributed by atoms with Gasteiger partial charge in [-0.3, -0.25) is 0 Å². The van der Waals surface area contributed by atoms with Crippen LogP contribution < -0.4 is 9.47 Å². The van der Waals surface area contributed by atoms with Crippen molar-refractivity contribution in [3.05, 3.63) is 79.2 Å². The molecule has 0 aliphatic heterocycles. The Hall–Kier alpha value is -4.08. The van der Waals surface area contributed by atoms with E-state index in [1.165, 1.54) is 0 Å². The predicted octanol–water partition coefficient (Wildman–Crippen LogP) is 10.3. The number of hydrogen-bond acceptors (Lipinski definition) is 8. The van der Waals surface area contributed by atoms with Gasteiger partial charge in [-0.05, 0) is 122 Å². The lowest BCUT2D eigenvalue weighted by molar-refractivity contribution is 0.184. The van der Waals surface area contributed by atoms with Gasteiger partial charge in [0.15, 0.2) is 0 Å². The van der Waals surface area contributed by atoms with Crippen molar-refractivity contribution < 1.29 is 9.47 Å². The summed E-state index contributed by atoms with van der Waals surface area (Å²) in [6.07, 6.45) is 18.2. The number of fused-ring (bicyclic) bond motifs is 2. The molecule has 4 aromatic rings. The van der Waals surface area contributed by atoms with E-state index in [0.29, 0.717) is 33.9 Å². The molecule has 0 amide bonds. The molecule has 0 N–H and O–H groups in total. The van der Waals surface area contributed by atoms with Gasteiger partial charge in [0.1, 0.15) is 22.5 Å². The molecule has 248 valence electrons.